The first-order chi connectivity index (χ1) is 12.3. The maximum atomic E-state index is 3.90. The van der Waals surface area contributed by atoms with Gasteiger partial charge in [0.1, 0.15) is 0 Å². The molecule has 0 aromatic carbocycles. The highest BCUT2D eigenvalue weighted by molar-refractivity contribution is 4.98. The Kier molecular flexibility index (Phi) is 11.2. The van der Waals surface area contributed by atoms with E-state index in [2.05, 4.69) is 17.6 Å². The smallest absolute Gasteiger partial charge is 0.0182 e. The van der Waals surface area contributed by atoms with Gasteiger partial charge in [-0.05, 0) is 57.4 Å². The summed E-state index contributed by atoms with van der Waals surface area (Å²) in [6.45, 7) is 5.84. The molecule has 3 saturated carbocycles. The molecule has 0 unspecified atom stereocenters. The Labute approximate surface area is 158 Å². The predicted octanol–water partition coefficient (Wildman–Crippen LogP) is 6.20. The summed E-state index contributed by atoms with van der Waals surface area (Å²) in [4.78, 5) is 0. The van der Waals surface area contributed by atoms with E-state index in [4.69, 9.17) is 0 Å². The van der Waals surface area contributed by atoms with Gasteiger partial charge in [0.15, 0.2) is 0 Å². The molecule has 0 atom stereocenters. The van der Waals surface area contributed by atoms with Gasteiger partial charge < -0.3 is 10.6 Å². The predicted molar refractivity (Wildman–Crippen MR) is 111 cm³/mol. The molecule has 2 heteroatoms. The van der Waals surface area contributed by atoms with E-state index in [1.54, 1.807) is 0 Å². The highest BCUT2D eigenvalue weighted by Crippen LogP contribution is 2.43. The summed E-state index contributed by atoms with van der Waals surface area (Å²) in [5, 5.41) is 7.55. The van der Waals surface area contributed by atoms with Crippen LogP contribution in [0.15, 0.2) is 0 Å². The molecule has 3 fully saturated rings. The van der Waals surface area contributed by atoms with Gasteiger partial charge in [-0.15, -0.1) is 0 Å². The maximum absolute atomic E-state index is 3.90. The van der Waals surface area contributed by atoms with Crippen LogP contribution >= 0.6 is 0 Å². The Balaban J connectivity index is 1.28. The molecule has 0 heterocycles. The van der Waals surface area contributed by atoms with Crippen LogP contribution in [0.3, 0.4) is 0 Å². The van der Waals surface area contributed by atoms with Gasteiger partial charge in [0.25, 0.3) is 0 Å². The lowest BCUT2D eigenvalue weighted by molar-refractivity contribution is 0.106. The average molecular weight is 351 g/mol. The van der Waals surface area contributed by atoms with Crippen LogP contribution in [0.2, 0.25) is 0 Å². The minimum Gasteiger partial charge on any atom is -0.315 e. The van der Waals surface area contributed by atoms with E-state index in [9.17, 15) is 0 Å². The molecule has 0 amide bonds. The van der Waals surface area contributed by atoms with Gasteiger partial charge in [-0.2, -0.15) is 0 Å². The number of unbranched alkanes of at least 4 members (excludes halogenated alkanes) is 10. The minimum atomic E-state index is 0.535. The molecule has 0 aromatic heterocycles. The van der Waals surface area contributed by atoms with Crippen molar-refractivity contribution in [1.29, 1.82) is 0 Å². The molecule has 0 aliphatic heterocycles. The summed E-state index contributed by atoms with van der Waals surface area (Å²) in [7, 11) is 0. The summed E-state index contributed by atoms with van der Waals surface area (Å²) >= 11 is 0. The van der Waals surface area contributed by atoms with E-state index in [1.165, 1.54) is 122 Å². The molecule has 0 spiro atoms. The summed E-state index contributed by atoms with van der Waals surface area (Å²) in [6.07, 6.45) is 24.6. The lowest BCUT2D eigenvalue weighted by atomic mass is 9.66. The number of rotatable bonds is 16. The molecule has 3 aliphatic carbocycles. The van der Waals surface area contributed by atoms with Crippen LogP contribution in [-0.2, 0) is 0 Å². The van der Waals surface area contributed by atoms with Crippen LogP contribution in [-0.4, -0.2) is 25.2 Å². The van der Waals surface area contributed by atoms with Gasteiger partial charge in [0.05, 0.1) is 0 Å². The number of fused-ring (bicyclic) bond motifs is 3. The lowest BCUT2D eigenvalue weighted by Crippen LogP contribution is -2.53. The van der Waals surface area contributed by atoms with Crippen molar-refractivity contribution in [1.82, 2.24) is 10.6 Å². The van der Waals surface area contributed by atoms with Gasteiger partial charge in [0.2, 0.25) is 0 Å². The second kappa shape index (κ2) is 13.1. The van der Waals surface area contributed by atoms with Crippen LogP contribution < -0.4 is 10.6 Å². The van der Waals surface area contributed by atoms with Gasteiger partial charge in [-0.3, -0.25) is 0 Å². The summed E-state index contributed by atoms with van der Waals surface area (Å²) in [6, 6.07) is 0. The molecule has 0 radical (unpaired) electrons. The Bertz CT molecular complexity index is 293. The number of nitrogens with one attached hydrogen (secondary N) is 2. The molecule has 2 bridgehead atoms. The van der Waals surface area contributed by atoms with Crippen molar-refractivity contribution in [2.45, 2.75) is 122 Å². The third-order valence-electron chi connectivity index (χ3n) is 6.85. The largest absolute Gasteiger partial charge is 0.315 e. The van der Waals surface area contributed by atoms with E-state index >= 15 is 0 Å². The first-order valence-corrected chi connectivity index (χ1v) is 11.8. The van der Waals surface area contributed by atoms with Crippen molar-refractivity contribution < 1.29 is 0 Å². The fourth-order valence-corrected chi connectivity index (χ4v) is 4.97. The Morgan fingerprint density at radius 3 is 1.72 bits per heavy atom. The summed E-state index contributed by atoms with van der Waals surface area (Å²) in [5.41, 5.74) is 0.535. The highest BCUT2D eigenvalue weighted by atomic mass is 15.0. The van der Waals surface area contributed by atoms with Gasteiger partial charge in [-0.1, -0.05) is 71.1 Å². The van der Waals surface area contributed by atoms with Crippen molar-refractivity contribution in [3.05, 3.63) is 0 Å². The number of hydrogen-bond donors (Lipinski definition) is 2. The Morgan fingerprint density at radius 2 is 1.16 bits per heavy atom. The van der Waals surface area contributed by atoms with E-state index in [1.807, 2.05) is 0 Å². The molecule has 0 saturated heterocycles. The summed E-state index contributed by atoms with van der Waals surface area (Å²) < 4.78 is 0. The zero-order valence-corrected chi connectivity index (χ0v) is 17.2. The third-order valence-corrected chi connectivity index (χ3v) is 6.85. The molecule has 3 aliphatic rings. The van der Waals surface area contributed by atoms with Crippen LogP contribution in [0.25, 0.3) is 0 Å². The van der Waals surface area contributed by atoms with Crippen molar-refractivity contribution in [2.24, 2.45) is 5.92 Å². The monoisotopic (exact) mass is 350 g/mol. The van der Waals surface area contributed by atoms with Crippen molar-refractivity contribution in [3.8, 4) is 0 Å². The second-order valence-corrected chi connectivity index (χ2v) is 8.97. The van der Waals surface area contributed by atoms with Crippen molar-refractivity contribution in [2.75, 3.05) is 19.6 Å². The Morgan fingerprint density at radius 1 is 0.640 bits per heavy atom. The molecule has 148 valence electrons. The standard InChI is InChI=1S/C23H46N2/c1-2-3-4-5-6-7-8-9-10-11-12-19-24-20-21-25-23-16-13-22(14-17-23)15-18-23/h22,24-25H,2-21H2,1H3. The second-order valence-electron chi connectivity index (χ2n) is 8.97. The van der Waals surface area contributed by atoms with Crippen LogP contribution in [0, 0.1) is 5.92 Å². The summed E-state index contributed by atoms with van der Waals surface area (Å²) in [5.74, 6) is 1.07. The van der Waals surface area contributed by atoms with E-state index < -0.39 is 0 Å². The fourth-order valence-electron chi connectivity index (χ4n) is 4.97. The highest BCUT2D eigenvalue weighted by Gasteiger charge is 2.39. The topological polar surface area (TPSA) is 24.1 Å². The number of hydrogen-bond acceptors (Lipinski definition) is 2. The normalized spacial score (nSPS) is 25.6. The van der Waals surface area contributed by atoms with Gasteiger partial charge in [-0.25, -0.2) is 0 Å². The molecular formula is C23H46N2. The van der Waals surface area contributed by atoms with E-state index in [0.29, 0.717) is 5.54 Å². The molecule has 0 aromatic rings. The fraction of sp³-hybridized carbons (Fsp3) is 1.00. The SMILES string of the molecule is CCCCCCCCCCCCCNCCNC12CCC(CC1)CC2. The van der Waals surface area contributed by atoms with Crippen LogP contribution in [0.4, 0.5) is 0 Å². The average Bonchev–Trinajstić information content (AvgIpc) is 2.66. The first kappa shape index (κ1) is 21.2. The molecular weight excluding hydrogens is 304 g/mol. The molecule has 25 heavy (non-hydrogen) atoms. The first-order valence-electron chi connectivity index (χ1n) is 11.8. The quantitative estimate of drug-likeness (QED) is 0.324. The van der Waals surface area contributed by atoms with Gasteiger partial charge >= 0.3 is 0 Å². The van der Waals surface area contributed by atoms with Crippen LogP contribution in [0.5, 0.6) is 0 Å². The van der Waals surface area contributed by atoms with Gasteiger partial charge in [0, 0.05) is 18.6 Å². The Hall–Kier alpha value is -0.0800. The maximum Gasteiger partial charge on any atom is 0.0182 e. The molecule has 2 N–H and O–H groups in total. The third kappa shape index (κ3) is 8.91. The zero-order valence-electron chi connectivity index (χ0n) is 17.2. The van der Waals surface area contributed by atoms with Crippen molar-refractivity contribution >= 4 is 0 Å². The van der Waals surface area contributed by atoms with Crippen molar-refractivity contribution in [3.63, 3.8) is 0 Å². The lowest BCUT2D eigenvalue weighted by Gasteiger charge is -2.47. The minimum absolute atomic E-state index is 0.535. The van der Waals surface area contributed by atoms with Crippen LogP contribution in [0.1, 0.15) is 116 Å². The van der Waals surface area contributed by atoms with E-state index in [-0.39, 0.29) is 0 Å². The zero-order chi connectivity index (χ0) is 17.6. The van der Waals surface area contributed by atoms with E-state index in [0.717, 1.165) is 12.5 Å². The molecule has 2 nitrogen and oxygen atoms in total. The molecule has 3 rings (SSSR count).